The summed E-state index contributed by atoms with van der Waals surface area (Å²) >= 11 is 8.04. The number of nitrogens with zero attached hydrogens (tertiary/aromatic N) is 1. The summed E-state index contributed by atoms with van der Waals surface area (Å²) in [5.74, 6) is 2.20. The van der Waals surface area contributed by atoms with Gasteiger partial charge in [0.1, 0.15) is 6.61 Å². The van der Waals surface area contributed by atoms with Crippen LogP contribution in [0.4, 0.5) is 0 Å². The van der Waals surface area contributed by atoms with Crippen LogP contribution in [0.5, 0.6) is 0 Å². The SMILES string of the molecule is O=C(COCc1ccccc1Cl)N(CC1CCCO1)C1CCSC1. The van der Waals surface area contributed by atoms with E-state index in [1.165, 1.54) is 0 Å². The standard InChI is InChI=1S/C18H24ClNO3S/c19-17-6-2-1-4-14(17)11-22-12-18(21)20(15-7-9-24-13-15)10-16-5-3-8-23-16/h1-2,4,6,15-16H,3,5,7-13H2. The molecule has 24 heavy (non-hydrogen) atoms. The van der Waals surface area contributed by atoms with Gasteiger partial charge in [-0.25, -0.2) is 0 Å². The molecule has 0 aliphatic carbocycles. The number of rotatable bonds is 7. The largest absolute Gasteiger partial charge is 0.376 e. The summed E-state index contributed by atoms with van der Waals surface area (Å²) in [6.07, 6.45) is 3.38. The second kappa shape index (κ2) is 9.09. The first-order valence-corrected chi connectivity index (χ1v) is 10.1. The van der Waals surface area contributed by atoms with Crippen LogP contribution in [0.15, 0.2) is 24.3 Å². The summed E-state index contributed by atoms with van der Waals surface area (Å²) in [7, 11) is 0. The van der Waals surface area contributed by atoms with Crippen LogP contribution in [0.3, 0.4) is 0 Å². The number of carbonyl (C=O) groups is 1. The highest BCUT2D eigenvalue weighted by Crippen LogP contribution is 2.25. The Balaban J connectivity index is 1.53. The van der Waals surface area contributed by atoms with Crippen LogP contribution in [0.1, 0.15) is 24.8 Å². The lowest BCUT2D eigenvalue weighted by molar-refractivity contribution is -0.140. The molecule has 0 saturated carbocycles. The van der Waals surface area contributed by atoms with Crippen molar-refractivity contribution in [1.82, 2.24) is 4.90 Å². The lowest BCUT2D eigenvalue weighted by Gasteiger charge is -2.30. The Labute approximate surface area is 152 Å². The molecule has 1 aromatic rings. The lowest BCUT2D eigenvalue weighted by Crippen LogP contribution is -2.46. The molecule has 2 atom stereocenters. The molecule has 3 rings (SSSR count). The quantitative estimate of drug-likeness (QED) is 0.738. The highest BCUT2D eigenvalue weighted by Gasteiger charge is 2.30. The molecule has 4 nitrogen and oxygen atoms in total. The third-order valence-corrected chi connectivity index (χ3v) is 6.05. The van der Waals surface area contributed by atoms with E-state index in [9.17, 15) is 4.79 Å². The van der Waals surface area contributed by atoms with E-state index in [1.807, 2.05) is 40.9 Å². The normalized spacial score (nSPS) is 23.5. The van der Waals surface area contributed by atoms with Crippen molar-refractivity contribution >= 4 is 29.3 Å². The van der Waals surface area contributed by atoms with E-state index in [-0.39, 0.29) is 18.6 Å². The smallest absolute Gasteiger partial charge is 0.248 e. The molecular weight excluding hydrogens is 346 g/mol. The molecule has 6 heteroatoms. The maximum atomic E-state index is 12.7. The molecule has 0 bridgehead atoms. The third kappa shape index (κ3) is 4.88. The van der Waals surface area contributed by atoms with Crippen molar-refractivity contribution in [3.63, 3.8) is 0 Å². The first-order valence-electron chi connectivity index (χ1n) is 8.54. The van der Waals surface area contributed by atoms with E-state index in [1.54, 1.807) is 0 Å². The minimum absolute atomic E-state index is 0.0602. The first-order chi connectivity index (χ1) is 11.7. The fourth-order valence-electron chi connectivity index (χ4n) is 3.18. The van der Waals surface area contributed by atoms with Crippen LogP contribution < -0.4 is 0 Å². The molecule has 1 aromatic carbocycles. The molecule has 0 N–H and O–H groups in total. The number of carbonyl (C=O) groups excluding carboxylic acids is 1. The molecule has 2 heterocycles. The number of hydrogen-bond acceptors (Lipinski definition) is 4. The van der Waals surface area contributed by atoms with Crippen molar-refractivity contribution in [1.29, 1.82) is 0 Å². The van der Waals surface area contributed by atoms with Crippen LogP contribution >= 0.6 is 23.4 Å². The van der Waals surface area contributed by atoms with Crippen molar-refractivity contribution in [2.75, 3.05) is 31.3 Å². The Morgan fingerprint density at radius 1 is 1.38 bits per heavy atom. The number of hydrogen-bond donors (Lipinski definition) is 0. The number of benzene rings is 1. The van der Waals surface area contributed by atoms with E-state index in [4.69, 9.17) is 21.1 Å². The Morgan fingerprint density at radius 3 is 2.96 bits per heavy atom. The maximum Gasteiger partial charge on any atom is 0.248 e. The Bertz CT molecular complexity index is 545. The average Bonchev–Trinajstić information content (AvgIpc) is 3.28. The Hall–Kier alpha value is -0.750. The van der Waals surface area contributed by atoms with Gasteiger partial charge in [-0.1, -0.05) is 29.8 Å². The Kier molecular flexibility index (Phi) is 6.84. The first kappa shape index (κ1) is 18.1. The molecule has 2 aliphatic rings. The van der Waals surface area contributed by atoms with Gasteiger partial charge in [0, 0.05) is 30.0 Å². The lowest BCUT2D eigenvalue weighted by atomic mass is 10.1. The molecule has 1 amide bonds. The molecule has 132 valence electrons. The zero-order valence-corrected chi connectivity index (χ0v) is 15.4. The van der Waals surface area contributed by atoms with Gasteiger partial charge in [0.15, 0.2) is 0 Å². The van der Waals surface area contributed by atoms with Crippen molar-refractivity contribution in [2.45, 2.75) is 38.0 Å². The predicted molar refractivity (Wildman–Crippen MR) is 97.5 cm³/mol. The summed E-state index contributed by atoms with van der Waals surface area (Å²) in [4.78, 5) is 14.7. The fraction of sp³-hybridized carbons (Fsp3) is 0.611. The third-order valence-electron chi connectivity index (χ3n) is 4.53. The van der Waals surface area contributed by atoms with E-state index in [0.717, 1.165) is 42.9 Å². The Morgan fingerprint density at radius 2 is 2.25 bits per heavy atom. The van der Waals surface area contributed by atoms with E-state index in [2.05, 4.69) is 0 Å². The van der Waals surface area contributed by atoms with Gasteiger partial charge in [-0.3, -0.25) is 4.79 Å². The van der Waals surface area contributed by atoms with Crippen molar-refractivity contribution in [3.8, 4) is 0 Å². The second-order valence-corrected chi connectivity index (χ2v) is 7.84. The zero-order valence-electron chi connectivity index (χ0n) is 13.8. The van der Waals surface area contributed by atoms with Crippen LogP contribution in [-0.2, 0) is 20.9 Å². The summed E-state index contributed by atoms with van der Waals surface area (Å²) < 4.78 is 11.4. The zero-order chi connectivity index (χ0) is 16.8. The van der Waals surface area contributed by atoms with Gasteiger partial charge in [0.05, 0.1) is 12.7 Å². The van der Waals surface area contributed by atoms with Crippen LogP contribution in [-0.4, -0.2) is 54.2 Å². The van der Waals surface area contributed by atoms with Gasteiger partial charge in [0.2, 0.25) is 5.91 Å². The van der Waals surface area contributed by atoms with Crippen LogP contribution in [0.25, 0.3) is 0 Å². The van der Waals surface area contributed by atoms with Gasteiger partial charge in [-0.2, -0.15) is 11.8 Å². The summed E-state index contributed by atoms with van der Waals surface area (Å²) in [5.41, 5.74) is 0.911. The van der Waals surface area contributed by atoms with Gasteiger partial charge < -0.3 is 14.4 Å². The van der Waals surface area contributed by atoms with Gasteiger partial charge >= 0.3 is 0 Å². The maximum absolute atomic E-state index is 12.7. The molecule has 2 saturated heterocycles. The van der Waals surface area contributed by atoms with Gasteiger partial charge in [-0.15, -0.1) is 0 Å². The van der Waals surface area contributed by atoms with Crippen LogP contribution in [0.2, 0.25) is 5.02 Å². The monoisotopic (exact) mass is 369 g/mol. The molecule has 2 fully saturated rings. The molecule has 0 radical (unpaired) electrons. The van der Waals surface area contributed by atoms with Gasteiger partial charge in [-0.05, 0) is 36.6 Å². The van der Waals surface area contributed by atoms with Crippen molar-refractivity contribution in [2.24, 2.45) is 0 Å². The highest BCUT2D eigenvalue weighted by molar-refractivity contribution is 7.99. The highest BCUT2D eigenvalue weighted by atomic mass is 35.5. The molecule has 0 aromatic heterocycles. The number of thioether (sulfide) groups is 1. The summed E-state index contributed by atoms with van der Waals surface area (Å²) in [6, 6.07) is 7.88. The number of ether oxygens (including phenoxy) is 2. The van der Waals surface area contributed by atoms with E-state index >= 15 is 0 Å². The molecule has 2 aliphatic heterocycles. The van der Waals surface area contributed by atoms with Crippen LogP contribution in [0, 0.1) is 0 Å². The average molecular weight is 370 g/mol. The molecule has 0 spiro atoms. The minimum atomic E-state index is 0.0602. The summed E-state index contributed by atoms with van der Waals surface area (Å²) in [6.45, 7) is 1.96. The molecular formula is C18H24ClNO3S. The summed E-state index contributed by atoms with van der Waals surface area (Å²) in [5, 5.41) is 0.674. The fourth-order valence-corrected chi connectivity index (χ4v) is 4.59. The second-order valence-electron chi connectivity index (χ2n) is 6.28. The van der Waals surface area contributed by atoms with E-state index < -0.39 is 0 Å². The van der Waals surface area contributed by atoms with Crippen molar-refractivity contribution in [3.05, 3.63) is 34.9 Å². The predicted octanol–water partition coefficient (Wildman–Crippen LogP) is 3.37. The minimum Gasteiger partial charge on any atom is -0.376 e. The number of amides is 1. The van der Waals surface area contributed by atoms with E-state index in [0.29, 0.717) is 24.2 Å². The molecule has 2 unspecified atom stereocenters. The number of halogens is 1. The van der Waals surface area contributed by atoms with Crippen molar-refractivity contribution < 1.29 is 14.3 Å². The topological polar surface area (TPSA) is 38.8 Å². The van der Waals surface area contributed by atoms with Gasteiger partial charge in [0.25, 0.3) is 0 Å².